The quantitative estimate of drug-likeness (QED) is 0.374. The Labute approximate surface area is 95.1 Å². The summed E-state index contributed by atoms with van der Waals surface area (Å²) in [5, 5.41) is 8.92. The van der Waals surface area contributed by atoms with Crippen molar-refractivity contribution in [1.82, 2.24) is 0 Å². The van der Waals surface area contributed by atoms with Crippen LogP contribution in [0.1, 0.15) is 21.7 Å². The van der Waals surface area contributed by atoms with Crippen molar-refractivity contribution in [3.05, 3.63) is 0 Å². The molecule has 0 rings (SSSR count). The van der Waals surface area contributed by atoms with Gasteiger partial charge in [0, 0.05) is 6.42 Å². The van der Waals surface area contributed by atoms with Crippen molar-refractivity contribution in [1.29, 1.82) is 0 Å². The van der Waals surface area contributed by atoms with Gasteiger partial charge in [-0.3, -0.25) is 4.79 Å². The molecule has 0 aliphatic rings. The third kappa shape index (κ3) is 6.79. The fourth-order valence-electron chi connectivity index (χ4n) is 0.594. The van der Waals surface area contributed by atoms with E-state index in [2.05, 4.69) is 4.74 Å². The maximum absolute atomic E-state index is 10.7. The number of ether oxygens (including phenoxy) is 1. The SMILES string of the molecule is CCOC(=O)C(O)CC(C)=O.[H-].[Na+]. The smallest absolute Gasteiger partial charge is 1.00 e. The zero-order valence-corrected chi connectivity index (χ0v) is 9.66. The van der Waals surface area contributed by atoms with E-state index in [4.69, 9.17) is 5.11 Å². The molecular formula is C7H13NaO4. The molecule has 0 heterocycles. The summed E-state index contributed by atoms with van der Waals surface area (Å²) in [6.45, 7) is 3.16. The van der Waals surface area contributed by atoms with Gasteiger partial charge in [0.05, 0.1) is 6.61 Å². The summed E-state index contributed by atoms with van der Waals surface area (Å²) in [5.74, 6) is -0.965. The van der Waals surface area contributed by atoms with Crippen LogP contribution in [0.4, 0.5) is 0 Å². The van der Waals surface area contributed by atoms with Crippen LogP contribution in [0.3, 0.4) is 0 Å². The van der Waals surface area contributed by atoms with Crippen LogP contribution in [0.25, 0.3) is 0 Å². The maximum Gasteiger partial charge on any atom is 1.00 e. The molecule has 0 spiro atoms. The average molecular weight is 184 g/mol. The van der Waals surface area contributed by atoms with Crippen molar-refractivity contribution in [3.8, 4) is 0 Å². The number of esters is 1. The van der Waals surface area contributed by atoms with E-state index >= 15 is 0 Å². The molecule has 0 aliphatic carbocycles. The van der Waals surface area contributed by atoms with E-state index in [-0.39, 0.29) is 49.8 Å². The summed E-state index contributed by atoms with van der Waals surface area (Å²) < 4.78 is 4.46. The molecule has 0 saturated carbocycles. The molecule has 66 valence electrons. The molecule has 0 radical (unpaired) electrons. The normalized spacial score (nSPS) is 11.2. The Bertz CT molecular complexity index is 163. The zero-order valence-electron chi connectivity index (χ0n) is 8.66. The number of Topliss-reactive ketones (excluding diaryl/α,β-unsaturated/α-hetero) is 1. The summed E-state index contributed by atoms with van der Waals surface area (Å²) in [6, 6.07) is 0. The molecule has 1 unspecified atom stereocenters. The third-order valence-electron chi connectivity index (χ3n) is 1.04. The Morgan fingerprint density at radius 2 is 2.08 bits per heavy atom. The van der Waals surface area contributed by atoms with Crippen LogP contribution in [0, 0.1) is 0 Å². The van der Waals surface area contributed by atoms with Crippen LogP contribution in [-0.4, -0.2) is 29.6 Å². The zero-order chi connectivity index (χ0) is 8.85. The van der Waals surface area contributed by atoms with Gasteiger partial charge in [0.2, 0.25) is 0 Å². The number of carbonyl (C=O) groups excluding carboxylic acids is 2. The molecule has 0 amide bonds. The second-order valence-corrected chi connectivity index (χ2v) is 2.17. The minimum atomic E-state index is -1.30. The minimum Gasteiger partial charge on any atom is -1.00 e. The molecule has 0 aromatic carbocycles. The molecule has 0 aromatic heterocycles. The van der Waals surface area contributed by atoms with Crippen molar-refractivity contribution in [2.24, 2.45) is 0 Å². The van der Waals surface area contributed by atoms with Crippen LogP contribution < -0.4 is 29.6 Å². The first-order chi connectivity index (χ1) is 5.07. The second kappa shape index (κ2) is 7.73. The van der Waals surface area contributed by atoms with Gasteiger partial charge in [-0.05, 0) is 13.8 Å². The van der Waals surface area contributed by atoms with Crippen molar-refractivity contribution >= 4 is 11.8 Å². The van der Waals surface area contributed by atoms with E-state index < -0.39 is 12.1 Å². The number of rotatable bonds is 4. The Balaban J connectivity index is -0.000000500. The summed E-state index contributed by atoms with van der Waals surface area (Å²) in [6.07, 6.45) is -1.47. The van der Waals surface area contributed by atoms with Crippen LogP contribution in [0.5, 0.6) is 0 Å². The van der Waals surface area contributed by atoms with E-state index in [0.717, 1.165) is 0 Å². The molecule has 4 nitrogen and oxygen atoms in total. The number of aliphatic hydroxyl groups excluding tert-OH is 1. The van der Waals surface area contributed by atoms with Crippen LogP contribution in [0.15, 0.2) is 0 Å². The molecule has 0 fully saturated rings. The van der Waals surface area contributed by atoms with Crippen LogP contribution in [-0.2, 0) is 14.3 Å². The Morgan fingerprint density at radius 3 is 2.42 bits per heavy atom. The summed E-state index contributed by atoms with van der Waals surface area (Å²) >= 11 is 0. The Kier molecular flexibility index (Phi) is 9.42. The van der Waals surface area contributed by atoms with Crippen LogP contribution in [0.2, 0.25) is 0 Å². The van der Waals surface area contributed by atoms with Gasteiger partial charge in [-0.2, -0.15) is 0 Å². The fraction of sp³-hybridized carbons (Fsp3) is 0.714. The van der Waals surface area contributed by atoms with Gasteiger partial charge in [0.25, 0.3) is 0 Å². The first-order valence-electron chi connectivity index (χ1n) is 3.42. The molecule has 0 bridgehead atoms. The number of aliphatic hydroxyl groups is 1. The van der Waals surface area contributed by atoms with Crippen molar-refractivity contribution in [2.75, 3.05) is 6.61 Å². The standard InChI is InChI=1S/C7H12O4.Na.H/c1-3-11-7(10)6(9)4-5(2)8;;/h6,9H,3-4H2,1-2H3;;/q;+1;-1. The predicted molar refractivity (Wildman–Crippen MR) is 39.0 cm³/mol. The molecule has 1 atom stereocenters. The molecule has 0 aliphatic heterocycles. The van der Waals surface area contributed by atoms with E-state index in [1.807, 2.05) is 0 Å². The molecule has 0 saturated heterocycles. The number of hydrogen-bond acceptors (Lipinski definition) is 4. The fourth-order valence-corrected chi connectivity index (χ4v) is 0.594. The van der Waals surface area contributed by atoms with Gasteiger partial charge in [0.15, 0.2) is 6.10 Å². The number of hydrogen-bond donors (Lipinski definition) is 1. The predicted octanol–water partition coefficient (Wildman–Crippen LogP) is -2.99. The van der Waals surface area contributed by atoms with Crippen LogP contribution >= 0.6 is 0 Å². The molecule has 0 aromatic rings. The summed E-state index contributed by atoms with van der Waals surface area (Å²) in [4.78, 5) is 21.0. The first kappa shape index (κ1) is 14.6. The van der Waals surface area contributed by atoms with Gasteiger partial charge in [0.1, 0.15) is 5.78 Å². The molecule has 5 heteroatoms. The molecule has 1 N–H and O–H groups in total. The largest absolute Gasteiger partial charge is 1.00 e. The summed E-state index contributed by atoms with van der Waals surface area (Å²) in [7, 11) is 0. The maximum atomic E-state index is 10.7. The van der Waals surface area contributed by atoms with Gasteiger partial charge in [-0.15, -0.1) is 0 Å². The first-order valence-corrected chi connectivity index (χ1v) is 3.42. The van der Waals surface area contributed by atoms with E-state index in [0.29, 0.717) is 0 Å². The van der Waals surface area contributed by atoms with Gasteiger partial charge in [-0.25, -0.2) is 4.79 Å². The third-order valence-corrected chi connectivity index (χ3v) is 1.04. The number of ketones is 1. The van der Waals surface area contributed by atoms with E-state index in [1.54, 1.807) is 6.92 Å². The van der Waals surface area contributed by atoms with E-state index in [9.17, 15) is 9.59 Å². The molecule has 12 heavy (non-hydrogen) atoms. The second-order valence-electron chi connectivity index (χ2n) is 2.17. The van der Waals surface area contributed by atoms with E-state index in [1.165, 1.54) is 6.92 Å². The van der Waals surface area contributed by atoms with Crippen molar-refractivity contribution in [3.63, 3.8) is 0 Å². The average Bonchev–Trinajstić information content (AvgIpc) is 1.86. The van der Waals surface area contributed by atoms with Crippen molar-refractivity contribution in [2.45, 2.75) is 26.4 Å². The van der Waals surface area contributed by atoms with Gasteiger partial charge < -0.3 is 11.3 Å². The monoisotopic (exact) mass is 184 g/mol. The topological polar surface area (TPSA) is 63.6 Å². The van der Waals surface area contributed by atoms with Crippen molar-refractivity contribution < 1.29 is 50.4 Å². The molecular weight excluding hydrogens is 171 g/mol. The number of carbonyl (C=O) groups is 2. The Morgan fingerprint density at radius 1 is 1.58 bits per heavy atom. The Hall–Kier alpha value is 0.1000. The van der Waals surface area contributed by atoms with Gasteiger partial charge >= 0.3 is 35.5 Å². The minimum absolute atomic E-state index is 0. The van der Waals surface area contributed by atoms with Gasteiger partial charge in [-0.1, -0.05) is 0 Å². The summed E-state index contributed by atoms with van der Waals surface area (Å²) in [5.41, 5.74) is 0.